The highest BCUT2D eigenvalue weighted by Crippen LogP contribution is 2.35. The standard InChI is InChI=1S/C24H19F3N4O3S/c1-2-7-15-8-3-5-10-18(15)33-12-13-34-19-11-6-4-9-16(19)14-17-20(28)31-23(29-21(17)32)35-22(30-31)24(25,26)27/h2-6,8-11,14,28H,1,7,12-13H2/b17-14-,28-20?. The van der Waals surface area contributed by atoms with Crippen LogP contribution in [0.3, 0.4) is 0 Å². The van der Waals surface area contributed by atoms with E-state index in [1.54, 1.807) is 30.3 Å². The largest absolute Gasteiger partial charge is 0.490 e. The summed E-state index contributed by atoms with van der Waals surface area (Å²) in [5.41, 5.74) is 1.25. The number of halogens is 3. The molecule has 0 aromatic heterocycles. The Morgan fingerprint density at radius 3 is 2.43 bits per heavy atom. The van der Waals surface area contributed by atoms with Crippen molar-refractivity contribution in [1.29, 1.82) is 5.41 Å². The third-order valence-corrected chi connectivity index (χ3v) is 5.80. The highest BCUT2D eigenvalue weighted by atomic mass is 32.2. The van der Waals surface area contributed by atoms with Gasteiger partial charge >= 0.3 is 6.18 Å². The molecule has 4 rings (SSSR count). The number of ether oxygens (including phenoxy) is 2. The maximum atomic E-state index is 13.0. The third kappa shape index (κ3) is 5.46. The number of fused-ring (bicyclic) bond motifs is 1. The van der Waals surface area contributed by atoms with Crippen molar-refractivity contribution in [3.63, 3.8) is 0 Å². The molecular weight excluding hydrogens is 481 g/mol. The molecule has 0 bridgehead atoms. The minimum absolute atomic E-state index is 0.193. The number of amidine groups is 2. The normalized spacial score (nSPS) is 16.7. The number of hydrazone groups is 1. The molecule has 180 valence electrons. The predicted octanol–water partition coefficient (Wildman–Crippen LogP) is 5.05. The van der Waals surface area contributed by atoms with E-state index in [1.807, 2.05) is 24.3 Å². The molecule has 1 amide bonds. The molecule has 1 N–H and O–H groups in total. The Labute approximate surface area is 203 Å². The number of para-hydroxylation sites is 2. The summed E-state index contributed by atoms with van der Waals surface area (Å²) in [5, 5.41) is 10.9. The van der Waals surface area contributed by atoms with E-state index in [1.165, 1.54) is 6.08 Å². The number of nitrogens with zero attached hydrogens (tertiary/aromatic N) is 3. The number of benzene rings is 2. The van der Waals surface area contributed by atoms with Crippen molar-refractivity contribution >= 4 is 39.8 Å². The number of nitrogens with one attached hydrogen (secondary N) is 1. The minimum Gasteiger partial charge on any atom is -0.490 e. The predicted molar refractivity (Wildman–Crippen MR) is 129 cm³/mol. The van der Waals surface area contributed by atoms with E-state index in [4.69, 9.17) is 14.9 Å². The Kier molecular flexibility index (Phi) is 7.06. The number of hydrogen-bond acceptors (Lipinski definition) is 6. The molecule has 2 aromatic carbocycles. The molecule has 0 aliphatic carbocycles. The van der Waals surface area contributed by atoms with Crippen LogP contribution in [-0.2, 0) is 11.2 Å². The fraction of sp³-hybridized carbons (Fsp3) is 0.167. The number of thioether (sulfide) groups is 1. The molecule has 35 heavy (non-hydrogen) atoms. The summed E-state index contributed by atoms with van der Waals surface area (Å²) in [5.74, 6) is -0.190. The Balaban J connectivity index is 1.47. The van der Waals surface area contributed by atoms with Gasteiger partial charge in [0.1, 0.15) is 24.7 Å². The molecule has 2 aliphatic heterocycles. The summed E-state index contributed by atoms with van der Waals surface area (Å²) < 4.78 is 50.6. The van der Waals surface area contributed by atoms with Crippen LogP contribution < -0.4 is 9.47 Å². The average molecular weight is 501 g/mol. The zero-order valence-corrected chi connectivity index (χ0v) is 19.0. The van der Waals surface area contributed by atoms with Gasteiger partial charge in [-0.1, -0.05) is 42.5 Å². The van der Waals surface area contributed by atoms with Gasteiger partial charge in [0.15, 0.2) is 5.84 Å². The lowest BCUT2D eigenvalue weighted by Crippen LogP contribution is -2.35. The van der Waals surface area contributed by atoms with Gasteiger partial charge in [0.05, 0.1) is 5.57 Å². The Morgan fingerprint density at radius 1 is 1.06 bits per heavy atom. The second-order valence-electron chi connectivity index (χ2n) is 7.26. The quantitative estimate of drug-likeness (QED) is 0.311. The van der Waals surface area contributed by atoms with Crippen molar-refractivity contribution in [2.75, 3.05) is 13.2 Å². The molecular formula is C24H19F3N4O3S. The van der Waals surface area contributed by atoms with Crippen LogP contribution in [0.5, 0.6) is 11.5 Å². The van der Waals surface area contributed by atoms with Crippen LogP contribution in [0.15, 0.2) is 76.9 Å². The lowest BCUT2D eigenvalue weighted by Gasteiger charge is -2.20. The number of rotatable bonds is 8. The number of alkyl halides is 3. The van der Waals surface area contributed by atoms with Crippen molar-refractivity contribution in [3.05, 3.63) is 77.9 Å². The lowest BCUT2D eigenvalue weighted by molar-refractivity contribution is -0.114. The summed E-state index contributed by atoms with van der Waals surface area (Å²) in [4.78, 5) is 16.2. The molecule has 2 aromatic rings. The molecule has 0 saturated heterocycles. The van der Waals surface area contributed by atoms with Gasteiger partial charge in [0, 0.05) is 5.56 Å². The average Bonchev–Trinajstić information content (AvgIpc) is 3.26. The van der Waals surface area contributed by atoms with E-state index in [9.17, 15) is 18.0 Å². The van der Waals surface area contributed by atoms with Crippen LogP contribution in [0.25, 0.3) is 6.08 Å². The van der Waals surface area contributed by atoms with Crippen molar-refractivity contribution in [1.82, 2.24) is 5.01 Å². The van der Waals surface area contributed by atoms with Gasteiger partial charge in [-0.3, -0.25) is 10.2 Å². The van der Waals surface area contributed by atoms with E-state index >= 15 is 0 Å². The zero-order valence-electron chi connectivity index (χ0n) is 18.2. The first-order valence-corrected chi connectivity index (χ1v) is 11.2. The Morgan fingerprint density at radius 2 is 1.71 bits per heavy atom. The second kappa shape index (κ2) is 10.2. The Hall–Kier alpha value is -3.86. The van der Waals surface area contributed by atoms with Gasteiger partial charge < -0.3 is 9.47 Å². The summed E-state index contributed by atoms with van der Waals surface area (Å²) >= 11 is 0.204. The van der Waals surface area contributed by atoms with E-state index in [-0.39, 0.29) is 35.7 Å². The highest BCUT2D eigenvalue weighted by molar-refractivity contribution is 8.27. The fourth-order valence-electron chi connectivity index (χ4n) is 3.27. The van der Waals surface area contributed by atoms with Gasteiger partial charge in [0.25, 0.3) is 5.91 Å². The van der Waals surface area contributed by atoms with Crippen LogP contribution >= 0.6 is 11.8 Å². The molecule has 0 radical (unpaired) electrons. The number of amides is 1. The van der Waals surface area contributed by atoms with Gasteiger partial charge in [-0.25, -0.2) is 0 Å². The molecule has 0 spiro atoms. The van der Waals surface area contributed by atoms with Crippen LogP contribution in [0.1, 0.15) is 11.1 Å². The van der Waals surface area contributed by atoms with E-state index in [0.717, 1.165) is 11.3 Å². The SMILES string of the molecule is C=CCc1ccccc1OCCOc1ccccc1/C=C1/C(=N)N2N=C(C(F)(F)F)SC2=NC1=O. The van der Waals surface area contributed by atoms with Gasteiger partial charge in [-0.05, 0) is 42.0 Å². The maximum absolute atomic E-state index is 13.0. The zero-order chi connectivity index (χ0) is 25.0. The molecule has 7 nitrogen and oxygen atoms in total. The van der Waals surface area contributed by atoms with Crippen molar-refractivity contribution < 1.29 is 27.4 Å². The van der Waals surface area contributed by atoms with E-state index < -0.39 is 23.0 Å². The molecule has 2 aliphatic rings. The van der Waals surface area contributed by atoms with Crippen LogP contribution in [0.2, 0.25) is 0 Å². The van der Waals surface area contributed by atoms with Crippen LogP contribution in [0.4, 0.5) is 13.2 Å². The molecule has 2 heterocycles. The molecule has 0 unspecified atom stereocenters. The smallest absolute Gasteiger partial charge is 0.441 e. The first-order valence-electron chi connectivity index (χ1n) is 10.4. The summed E-state index contributed by atoms with van der Waals surface area (Å²) in [7, 11) is 0. The number of carbonyl (C=O) groups excluding carboxylic acids is 1. The van der Waals surface area contributed by atoms with Gasteiger partial charge in [-0.15, -0.1) is 6.58 Å². The number of aliphatic imine (C=N–C) groups is 1. The van der Waals surface area contributed by atoms with Crippen molar-refractivity contribution in [2.45, 2.75) is 12.6 Å². The highest BCUT2D eigenvalue weighted by Gasteiger charge is 2.46. The third-order valence-electron chi connectivity index (χ3n) is 4.85. The number of allylic oxidation sites excluding steroid dienone is 1. The molecule has 0 atom stereocenters. The molecule has 0 saturated carbocycles. The van der Waals surface area contributed by atoms with Gasteiger partial charge in [0.2, 0.25) is 10.2 Å². The van der Waals surface area contributed by atoms with Crippen molar-refractivity contribution in [2.24, 2.45) is 10.1 Å². The molecule has 0 fully saturated rings. The summed E-state index contributed by atoms with van der Waals surface area (Å²) in [6.45, 7) is 4.18. The first-order chi connectivity index (χ1) is 16.8. The topological polar surface area (TPSA) is 87.3 Å². The maximum Gasteiger partial charge on any atom is 0.441 e. The van der Waals surface area contributed by atoms with Gasteiger partial charge in [-0.2, -0.15) is 28.3 Å². The van der Waals surface area contributed by atoms with E-state index in [0.29, 0.717) is 22.7 Å². The fourth-order valence-corrected chi connectivity index (χ4v) is 4.02. The Bertz CT molecular complexity index is 1270. The van der Waals surface area contributed by atoms with Crippen LogP contribution in [-0.4, -0.2) is 46.4 Å². The van der Waals surface area contributed by atoms with E-state index in [2.05, 4.69) is 16.7 Å². The lowest BCUT2D eigenvalue weighted by atomic mass is 10.1. The number of carbonyl (C=O) groups is 1. The summed E-state index contributed by atoms with van der Waals surface area (Å²) in [6, 6.07) is 14.4. The second-order valence-corrected chi connectivity index (χ2v) is 8.21. The first kappa shape index (κ1) is 24.3. The molecule has 11 heteroatoms. The minimum atomic E-state index is -4.70. The van der Waals surface area contributed by atoms with Crippen molar-refractivity contribution in [3.8, 4) is 11.5 Å². The van der Waals surface area contributed by atoms with Crippen LogP contribution in [0, 0.1) is 5.41 Å². The monoisotopic (exact) mass is 500 g/mol. The number of hydrogen-bond donors (Lipinski definition) is 1. The summed E-state index contributed by atoms with van der Waals surface area (Å²) in [6.07, 6.45) is -0.893.